The predicted molar refractivity (Wildman–Crippen MR) is 114 cm³/mol. The van der Waals surface area contributed by atoms with Crippen molar-refractivity contribution in [3.63, 3.8) is 0 Å². The number of methoxy groups -OCH3 is 1. The quantitative estimate of drug-likeness (QED) is 0.339. The van der Waals surface area contributed by atoms with Gasteiger partial charge in [0.1, 0.15) is 5.75 Å². The highest BCUT2D eigenvalue weighted by Gasteiger charge is 2.08. The van der Waals surface area contributed by atoms with Gasteiger partial charge in [-0.05, 0) is 41.3 Å². The summed E-state index contributed by atoms with van der Waals surface area (Å²) in [4.78, 5) is 11.6. The minimum absolute atomic E-state index is 0.322. The van der Waals surface area contributed by atoms with Gasteiger partial charge in [-0.2, -0.15) is 0 Å². The Bertz CT molecular complexity index is 896. The van der Waals surface area contributed by atoms with Crippen LogP contribution in [0.1, 0.15) is 36.5 Å². The molecular weight excluding hydrogens is 348 g/mol. The highest BCUT2D eigenvalue weighted by Crippen LogP contribution is 2.31. The van der Waals surface area contributed by atoms with Gasteiger partial charge < -0.3 is 9.47 Å². The van der Waals surface area contributed by atoms with Crippen LogP contribution in [0.25, 0.3) is 22.3 Å². The van der Waals surface area contributed by atoms with Gasteiger partial charge in [0.05, 0.1) is 19.3 Å². The second-order valence-corrected chi connectivity index (χ2v) is 6.70. The molecule has 3 nitrogen and oxygen atoms in total. The molecule has 3 rings (SSSR count). The van der Waals surface area contributed by atoms with E-state index in [4.69, 9.17) is 9.47 Å². The molecule has 3 aromatic carbocycles. The van der Waals surface area contributed by atoms with Gasteiger partial charge in [-0.3, -0.25) is 0 Å². The topological polar surface area (TPSA) is 35.5 Å². The number of carbonyl (C=O) groups is 1. The van der Waals surface area contributed by atoms with Crippen LogP contribution in [0.4, 0.5) is 0 Å². The van der Waals surface area contributed by atoms with Gasteiger partial charge in [-0.1, -0.05) is 74.4 Å². The summed E-state index contributed by atoms with van der Waals surface area (Å²) in [6, 6.07) is 24.0. The average Bonchev–Trinajstić information content (AvgIpc) is 2.77. The molecule has 0 atom stereocenters. The van der Waals surface area contributed by atoms with E-state index in [1.165, 1.54) is 20.0 Å². The molecule has 0 aliphatic heterocycles. The molecular formula is C25H26O3. The summed E-state index contributed by atoms with van der Waals surface area (Å²) >= 11 is 0. The lowest BCUT2D eigenvalue weighted by Crippen LogP contribution is -2.00. The summed E-state index contributed by atoms with van der Waals surface area (Å²) in [5.74, 6) is 0.603. The van der Waals surface area contributed by atoms with Crippen molar-refractivity contribution in [1.82, 2.24) is 0 Å². The van der Waals surface area contributed by atoms with Crippen LogP contribution >= 0.6 is 0 Å². The molecule has 0 N–H and O–H groups in total. The van der Waals surface area contributed by atoms with Crippen LogP contribution in [-0.2, 0) is 4.74 Å². The van der Waals surface area contributed by atoms with Crippen LogP contribution in [0.5, 0.6) is 5.75 Å². The Morgan fingerprint density at radius 1 is 0.786 bits per heavy atom. The first-order chi connectivity index (χ1) is 13.7. The van der Waals surface area contributed by atoms with Gasteiger partial charge in [0.2, 0.25) is 0 Å². The SMILES string of the molecule is CCCCCOc1ccccc1-c1ccc(-c2ccc(C(=O)OC)cc2)cc1. The van der Waals surface area contributed by atoms with Crippen LogP contribution in [0.15, 0.2) is 72.8 Å². The molecule has 0 unspecified atom stereocenters. The highest BCUT2D eigenvalue weighted by molar-refractivity contribution is 5.90. The third kappa shape index (κ3) is 4.80. The number of ether oxygens (including phenoxy) is 2. The number of unbranched alkanes of at least 4 members (excludes halogenated alkanes) is 2. The third-order valence-corrected chi connectivity index (χ3v) is 4.73. The zero-order valence-corrected chi connectivity index (χ0v) is 16.5. The lowest BCUT2D eigenvalue weighted by atomic mass is 9.99. The fourth-order valence-corrected chi connectivity index (χ4v) is 3.12. The summed E-state index contributed by atoms with van der Waals surface area (Å²) in [5.41, 5.74) is 4.94. The van der Waals surface area contributed by atoms with E-state index in [1.54, 1.807) is 12.1 Å². The molecule has 3 heteroatoms. The van der Waals surface area contributed by atoms with Gasteiger partial charge in [0.25, 0.3) is 0 Å². The Balaban J connectivity index is 1.77. The minimum atomic E-state index is -0.322. The fourth-order valence-electron chi connectivity index (χ4n) is 3.12. The summed E-state index contributed by atoms with van der Waals surface area (Å²) in [6.07, 6.45) is 3.45. The molecule has 0 fully saturated rings. The molecule has 28 heavy (non-hydrogen) atoms. The van der Waals surface area contributed by atoms with E-state index in [-0.39, 0.29) is 5.97 Å². The van der Waals surface area contributed by atoms with Crippen molar-refractivity contribution in [2.45, 2.75) is 26.2 Å². The van der Waals surface area contributed by atoms with E-state index in [2.05, 4.69) is 37.3 Å². The first-order valence-corrected chi connectivity index (χ1v) is 9.74. The van der Waals surface area contributed by atoms with Crippen molar-refractivity contribution in [2.75, 3.05) is 13.7 Å². The predicted octanol–water partition coefficient (Wildman–Crippen LogP) is 6.38. The van der Waals surface area contributed by atoms with Gasteiger partial charge in [-0.25, -0.2) is 4.79 Å². The lowest BCUT2D eigenvalue weighted by Gasteiger charge is -2.12. The Labute approximate surface area is 166 Å². The molecule has 0 amide bonds. The van der Waals surface area contributed by atoms with Crippen LogP contribution in [0.2, 0.25) is 0 Å². The molecule has 3 aromatic rings. The van der Waals surface area contributed by atoms with E-state index in [0.29, 0.717) is 5.56 Å². The molecule has 0 aromatic heterocycles. The minimum Gasteiger partial charge on any atom is -0.493 e. The summed E-state index contributed by atoms with van der Waals surface area (Å²) < 4.78 is 10.8. The second-order valence-electron chi connectivity index (χ2n) is 6.70. The number of hydrogen-bond acceptors (Lipinski definition) is 3. The largest absolute Gasteiger partial charge is 0.493 e. The zero-order valence-electron chi connectivity index (χ0n) is 16.5. The van der Waals surface area contributed by atoms with E-state index >= 15 is 0 Å². The Hall–Kier alpha value is -3.07. The molecule has 0 aliphatic rings. The van der Waals surface area contributed by atoms with E-state index in [1.807, 2.05) is 30.3 Å². The first-order valence-electron chi connectivity index (χ1n) is 9.74. The van der Waals surface area contributed by atoms with E-state index in [0.717, 1.165) is 41.0 Å². The molecule has 0 radical (unpaired) electrons. The second kappa shape index (κ2) is 9.75. The molecule has 0 saturated carbocycles. The number of para-hydroxylation sites is 1. The molecule has 0 aliphatic carbocycles. The normalized spacial score (nSPS) is 10.5. The molecule has 0 bridgehead atoms. The first kappa shape index (κ1) is 19.7. The van der Waals surface area contributed by atoms with Crippen molar-refractivity contribution >= 4 is 5.97 Å². The molecule has 0 spiro atoms. The standard InChI is InChI=1S/C25H26O3/c1-3-4-7-18-28-24-9-6-5-8-23(24)21-14-10-19(11-15-21)20-12-16-22(17-13-20)25(26)27-2/h5-6,8-17H,3-4,7,18H2,1-2H3. The summed E-state index contributed by atoms with van der Waals surface area (Å²) in [7, 11) is 1.39. The van der Waals surface area contributed by atoms with Gasteiger partial charge in [-0.15, -0.1) is 0 Å². The van der Waals surface area contributed by atoms with Crippen molar-refractivity contribution in [2.24, 2.45) is 0 Å². The molecule has 0 heterocycles. The number of esters is 1. The van der Waals surface area contributed by atoms with Crippen LogP contribution in [0, 0.1) is 0 Å². The molecule has 144 valence electrons. The smallest absolute Gasteiger partial charge is 0.337 e. The monoisotopic (exact) mass is 374 g/mol. The lowest BCUT2D eigenvalue weighted by molar-refractivity contribution is 0.0601. The van der Waals surface area contributed by atoms with Gasteiger partial charge >= 0.3 is 5.97 Å². The van der Waals surface area contributed by atoms with Gasteiger partial charge in [0, 0.05) is 5.56 Å². The third-order valence-electron chi connectivity index (χ3n) is 4.73. The average molecular weight is 374 g/mol. The van der Waals surface area contributed by atoms with Crippen LogP contribution in [-0.4, -0.2) is 19.7 Å². The number of rotatable bonds is 8. The van der Waals surface area contributed by atoms with Crippen molar-refractivity contribution in [3.05, 3.63) is 78.4 Å². The Kier molecular flexibility index (Phi) is 6.85. The van der Waals surface area contributed by atoms with Crippen molar-refractivity contribution in [1.29, 1.82) is 0 Å². The van der Waals surface area contributed by atoms with E-state index < -0.39 is 0 Å². The Morgan fingerprint density at radius 2 is 1.39 bits per heavy atom. The summed E-state index contributed by atoms with van der Waals surface area (Å²) in [5, 5.41) is 0. The maximum atomic E-state index is 11.6. The fraction of sp³-hybridized carbons (Fsp3) is 0.240. The molecule has 0 saturated heterocycles. The van der Waals surface area contributed by atoms with E-state index in [9.17, 15) is 4.79 Å². The van der Waals surface area contributed by atoms with Gasteiger partial charge in [0.15, 0.2) is 0 Å². The number of benzene rings is 3. The van der Waals surface area contributed by atoms with Crippen molar-refractivity contribution < 1.29 is 14.3 Å². The maximum Gasteiger partial charge on any atom is 0.337 e. The summed E-state index contributed by atoms with van der Waals surface area (Å²) in [6.45, 7) is 2.94. The number of carbonyl (C=O) groups excluding carboxylic acids is 1. The van der Waals surface area contributed by atoms with Crippen molar-refractivity contribution in [3.8, 4) is 28.0 Å². The zero-order chi connectivity index (χ0) is 19.8. The van der Waals surface area contributed by atoms with Crippen LogP contribution < -0.4 is 4.74 Å². The Morgan fingerprint density at radius 3 is 2.04 bits per heavy atom. The highest BCUT2D eigenvalue weighted by atomic mass is 16.5. The maximum absolute atomic E-state index is 11.6. The van der Waals surface area contributed by atoms with Crippen LogP contribution in [0.3, 0.4) is 0 Å². The number of hydrogen-bond donors (Lipinski definition) is 0.